The lowest BCUT2D eigenvalue weighted by Crippen LogP contribution is -2.37. The Balaban J connectivity index is 2.18. The lowest BCUT2D eigenvalue weighted by molar-refractivity contribution is 0.0697. The molecule has 2 fully saturated rings. The van der Waals surface area contributed by atoms with Gasteiger partial charge in [-0.1, -0.05) is 13.8 Å². The zero-order valence-electron chi connectivity index (χ0n) is 7.42. The largest absolute Gasteiger partial charge is 0.393 e. The summed E-state index contributed by atoms with van der Waals surface area (Å²) in [4.78, 5) is 0. The molecule has 0 amide bonds. The molecule has 0 spiro atoms. The molecule has 1 saturated heterocycles. The van der Waals surface area contributed by atoms with Crippen molar-refractivity contribution in [1.29, 1.82) is 0 Å². The predicted molar refractivity (Wildman–Crippen MR) is 42.3 cm³/mol. The summed E-state index contributed by atoms with van der Waals surface area (Å²) in [5.41, 5.74) is 0.174. The molecule has 0 bridgehead atoms. The first-order valence-electron chi connectivity index (χ1n) is 4.30. The summed E-state index contributed by atoms with van der Waals surface area (Å²) >= 11 is 0. The van der Waals surface area contributed by atoms with Gasteiger partial charge in [-0.05, 0) is 18.8 Å². The molecule has 0 unspecified atom stereocenters. The van der Waals surface area contributed by atoms with E-state index < -0.39 is 0 Å². The monoisotopic (exact) mass is 156 g/mol. The van der Waals surface area contributed by atoms with Crippen LogP contribution in [-0.4, -0.2) is 22.9 Å². The summed E-state index contributed by atoms with van der Waals surface area (Å²) in [6.07, 6.45) is 1.93. The smallest absolute Gasteiger partial charge is 0.0950 e. The van der Waals surface area contributed by atoms with Crippen LogP contribution in [0.25, 0.3) is 0 Å². The van der Waals surface area contributed by atoms with Gasteiger partial charge >= 0.3 is 0 Å². The van der Waals surface area contributed by atoms with Gasteiger partial charge in [0, 0.05) is 6.42 Å². The molecule has 0 aromatic rings. The Labute approximate surface area is 67.6 Å². The number of aliphatic hydroxyl groups is 1. The first kappa shape index (κ1) is 7.56. The van der Waals surface area contributed by atoms with Crippen molar-refractivity contribution in [2.24, 2.45) is 5.41 Å². The van der Waals surface area contributed by atoms with Crippen LogP contribution in [0.15, 0.2) is 0 Å². The Kier molecular flexibility index (Phi) is 1.24. The highest BCUT2D eigenvalue weighted by Crippen LogP contribution is 2.55. The number of epoxide rings is 1. The number of rotatable bonds is 0. The molecule has 0 aromatic carbocycles. The minimum atomic E-state index is -0.159. The maximum atomic E-state index is 9.53. The van der Waals surface area contributed by atoms with Crippen LogP contribution in [0.5, 0.6) is 0 Å². The molecule has 1 aliphatic heterocycles. The highest BCUT2D eigenvalue weighted by molar-refractivity contribution is 5.11. The van der Waals surface area contributed by atoms with Crippen molar-refractivity contribution in [2.75, 3.05) is 0 Å². The van der Waals surface area contributed by atoms with Crippen molar-refractivity contribution in [1.82, 2.24) is 0 Å². The van der Waals surface area contributed by atoms with E-state index in [-0.39, 0.29) is 17.1 Å². The van der Waals surface area contributed by atoms with E-state index in [1.54, 1.807) is 0 Å². The Morgan fingerprint density at radius 1 is 1.27 bits per heavy atom. The van der Waals surface area contributed by atoms with Gasteiger partial charge in [0.05, 0.1) is 17.8 Å². The van der Waals surface area contributed by atoms with E-state index in [1.807, 2.05) is 0 Å². The van der Waals surface area contributed by atoms with Gasteiger partial charge in [-0.2, -0.15) is 0 Å². The van der Waals surface area contributed by atoms with E-state index in [4.69, 9.17) is 4.74 Å². The molecule has 2 heteroatoms. The summed E-state index contributed by atoms with van der Waals surface area (Å²) < 4.78 is 5.59. The van der Waals surface area contributed by atoms with Crippen LogP contribution in [0.2, 0.25) is 0 Å². The van der Waals surface area contributed by atoms with Gasteiger partial charge in [-0.15, -0.1) is 0 Å². The van der Waals surface area contributed by atoms with Gasteiger partial charge in [-0.3, -0.25) is 0 Å². The predicted octanol–water partition coefficient (Wildman–Crippen LogP) is 1.32. The highest BCUT2D eigenvalue weighted by Gasteiger charge is 2.63. The fourth-order valence-corrected chi connectivity index (χ4v) is 2.63. The van der Waals surface area contributed by atoms with Gasteiger partial charge in [0.25, 0.3) is 0 Å². The zero-order valence-corrected chi connectivity index (χ0v) is 7.42. The average molecular weight is 156 g/mol. The molecule has 64 valence electrons. The molecule has 1 heterocycles. The zero-order chi connectivity index (χ0) is 8.28. The summed E-state index contributed by atoms with van der Waals surface area (Å²) in [6.45, 7) is 6.44. The molecule has 11 heavy (non-hydrogen) atoms. The second-order valence-electron chi connectivity index (χ2n) is 4.86. The first-order valence-corrected chi connectivity index (χ1v) is 4.30. The van der Waals surface area contributed by atoms with Crippen LogP contribution in [0, 0.1) is 5.41 Å². The van der Waals surface area contributed by atoms with Gasteiger partial charge in [0.1, 0.15) is 0 Å². The molecule has 2 aliphatic rings. The van der Waals surface area contributed by atoms with Crippen molar-refractivity contribution in [3.63, 3.8) is 0 Å². The van der Waals surface area contributed by atoms with Gasteiger partial charge in [0.2, 0.25) is 0 Å². The molecule has 0 radical (unpaired) electrons. The molecule has 1 saturated carbocycles. The van der Waals surface area contributed by atoms with Crippen molar-refractivity contribution < 1.29 is 9.84 Å². The number of ether oxygens (including phenoxy) is 1. The van der Waals surface area contributed by atoms with Crippen LogP contribution in [0.1, 0.15) is 33.6 Å². The Morgan fingerprint density at radius 3 is 2.45 bits per heavy atom. The van der Waals surface area contributed by atoms with Crippen LogP contribution in [0.3, 0.4) is 0 Å². The Bertz CT molecular complexity index is 188. The van der Waals surface area contributed by atoms with Crippen molar-refractivity contribution >= 4 is 0 Å². The van der Waals surface area contributed by atoms with Gasteiger partial charge in [0.15, 0.2) is 0 Å². The summed E-state index contributed by atoms with van der Waals surface area (Å²) in [7, 11) is 0. The second-order valence-corrected chi connectivity index (χ2v) is 4.86. The summed E-state index contributed by atoms with van der Waals surface area (Å²) in [5, 5.41) is 9.53. The third-order valence-electron chi connectivity index (χ3n) is 3.00. The third kappa shape index (κ3) is 1.00. The second kappa shape index (κ2) is 1.80. The molecule has 3 atom stereocenters. The summed E-state index contributed by atoms with van der Waals surface area (Å²) in [6, 6.07) is 0. The van der Waals surface area contributed by atoms with E-state index in [0.29, 0.717) is 6.10 Å². The number of aliphatic hydroxyl groups excluding tert-OH is 1. The lowest BCUT2D eigenvalue weighted by atomic mass is 9.72. The normalized spacial score (nSPS) is 53.5. The fraction of sp³-hybridized carbons (Fsp3) is 1.00. The van der Waals surface area contributed by atoms with Gasteiger partial charge in [-0.25, -0.2) is 0 Å². The first-order chi connectivity index (χ1) is 4.94. The van der Waals surface area contributed by atoms with Crippen LogP contribution in [0.4, 0.5) is 0 Å². The van der Waals surface area contributed by atoms with Crippen molar-refractivity contribution in [2.45, 2.75) is 51.4 Å². The minimum Gasteiger partial charge on any atom is -0.393 e. The topological polar surface area (TPSA) is 32.8 Å². The molecule has 2 rings (SSSR count). The fourth-order valence-electron chi connectivity index (χ4n) is 2.63. The minimum absolute atomic E-state index is 0.00116. The number of hydrogen-bond acceptors (Lipinski definition) is 2. The standard InChI is InChI=1S/C9H16O2/c1-8(2)4-6(10)5-9(3)7(8)11-9/h6-7,10H,4-5H2,1-3H3/t6-,7+,9-/m1/s1. The van der Waals surface area contributed by atoms with Crippen molar-refractivity contribution in [3.05, 3.63) is 0 Å². The molecule has 2 nitrogen and oxygen atoms in total. The van der Waals surface area contributed by atoms with Gasteiger partial charge < -0.3 is 9.84 Å². The molecule has 1 aliphatic carbocycles. The average Bonchev–Trinajstić information content (AvgIpc) is 2.37. The van der Waals surface area contributed by atoms with E-state index in [9.17, 15) is 5.11 Å². The van der Waals surface area contributed by atoms with E-state index in [0.717, 1.165) is 12.8 Å². The lowest BCUT2D eigenvalue weighted by Gasteiger charge is -2.32. The summed E-state index contributed by atoms with van der Waals surface area (Å²) in [5.74, 6) is 0. The van der Waals surface area contributed by atoms with Crippen LogP contribution in [-0.2, 0) is 4.74 Å². The highest BCUT2D eigenvalue weighted by atomic mass is 16.6. The molecular weight excluding hydrogens is 140 g/mol. The van der Waals surface area contributed by atoms with E-state index in [2.05, 4.69) is 20.8 Å². The Morgan fingerprint density at radius 2 is 1.91 bits per heavy atom. The van der Waals surface area contributed by atoms with Crippen molar-refractivity contribution in [3.8, 4) is 0 Å². The van der Waals surface area contributed by atoms with E-state index >= 15 is 0 Å². The maximum Gasteiger partial charge on any atom is 0.0950 e. The van der Waals surface area contributed by atoms with Crippen LogP contribution >= 0.6 is 0 Å². The molecular formula is C9H16O2. The number of hydrogen-bond donors (Lipinski definition) is 1. The van der Waals surface area contributed by atoms with Crippen LogP contribution < -0.4 is 0 Å². The Hall–Kier alpha value is -0.0800. The molecule has 0 aromatic heterocycles. The maximum absolute atomic E-state index is 9.53. The number of fused-ring (bicyclic) bond motifs is 1. The van der Waals surface area contributed by atoms with E-state index in [1.165, 1.54) is 0 Å². The quantitative estimate of drug-likeness (QED) is 0.537. The third-order valence-corrected chi connectivity index (χ3v) is 3.00. The molecule has 1 N–H and O–H groups in total. The SMILES string of the molecule is CC1(C)C[C@@H](O)C[C@@]2(C)O[C@@H]12.